The van der Waals surface area contributed by atoms with E-state index in [9.17, 15) is 14.7 Å². The summed E-state index contributed by atoms with van der Waals surface area (Å²) in [6, 6.07) is 14.2. The summed E-state index contributed by atoms with van der Waals surface area (Å²) < 4.78 is 5.30. The van der Waals surface area contributed by atoms with Crippen molar-refractivity contribution in [3.8, 4) is 0 Å². The summed E-state index contributed by atoms with van der Waals surface area (Å²) >= 11 is 0. The van der Waals surface area contributed by atoms with Crippen LogP contribution in [0.2, 0.25) is 0 Å². The Bertz CT molecular complexity index is 1190. The number of nitrogens with zero attached hydrogens (tertiary/aromatic N) is 1. The van der Waals surface area contributed by atoms with E-state index < -0.39 is 23.7 Å². The van der Waals surface area contributed by atoms with E-state index in [-0.39, 0.29) is 29.6 Å². The largest absolute Gasteiger partial charge is 0.390 e. The first-order valence-electron chi connectivity index (χ1n) is 12.5. The topological polar surface area (TPSA) is 115 Å². The molecule has 2 amide bonds. The Morgan fingerprint density at radius 2 is 2.00 bits per heavy atom. The molecule has 5 rings (SSSR count). The van der Waals surface area contributed by atoms with Crippen molar-refractivity contribution < 1.29 is 19.4 Å². The number of fused-ring (bicyclic) bond motifs is 2. The van der Waals surface area contributed by atoms with Crippen molar-refractivity contribution in [2.24, 2.45) is 0 Å². The monoisotopic (exact) mass is 490 g/mol. The van der Waals surface area contributed by atoms with E-state index in [0.717, 1.165) is 29.5 Å². The molecule has 0 radical (unpaired) electrons. The maximum absolute atomic E-state index is 13.4. The van der Waals surface area contributed by atoms with E-state index in [1.807, 2.05) is 38.1 Å². The van der Waals surface area contributed by atoms with Gasteiger partial charge in [0.15, 0.2) is 5.96 Å². The van der Waals surface area contributed by atoms with E-state index in [4.69, 9.17) is 10.1 Å². The number of ether oxygens (including phenoxy) is 1. The second kappa shape index (κ2) is 9.01. The number of aliphatic hydroxyl groups is 1. The van der Waals surface area contributed by atoms with Gasteiger partial charge in [-0.1, -0.05) is 36.4 Å². The normalized spacial score (nSPS) is 24.3. The molecule has 1 heterocycles. The zero-order chi connectivity index (χ0) is 25.7. The minimum Gasteiger partial charge on any atom is -0.390 e. The van der Waals surface area contributed by atoms with Crippen LogP contribution in [0, 0.1) is 5.41 Å². The third kappa shape index (κ3) is 4.18. The molecular formula is C28H34N4O4. The van der Waals surface area contributed by atoms with Gasteiger partial charge in [-0.05, 0) is 61.9 Å². The summed E-state index contributed by atoms with van der Waals surface area (Å²) in [5, 5.41) is 25.8. The van der Waals surface area contributed by atoms with Crippen LogP contribution in [0.5, 0.6) is 0 Å². The van der Waals surface area contributed by atoms with Crippen LogP contribution in [-0.4, -0.2) is 53.1 Å². The Balaban J connectivity index is 1.40. The molecule has 3 aliphatic rings. The molecule has 1 saturated heterocycles. The zero-order valence-corrected chi connectivity index (χ0v) is 21.0. The van der Waals surface area contributed by atoms with Crippen LogP contribution in [0.1, 0.15) is 78.7 Å². The number of aliphatic hydroxyl groups excluding tert-OH is 1. The number of amides is 2. The molecule has 1 aliphatic heterocycles. The van der Waals surface area contributed by atoms with Gasteiger partial charge >= 0.3 is 0 Å². The molecule has 8 nitrogen and oxygen atoms in total. The van der Waals surface area contributed by atoms with Gasteiger partial charge in [0.25, 0.3) is 5.91 Å². The predicted octanol–water partition coefficient (Wildman–Crippen LogP) is 3.18. The minimum atomic E-state index is -0.655. The quantitative estimate of drug-likeness (QED) is 0.476. The third-order valence-corrected chi connectivity index (χ3v) is 7.79. The van der Waals surface area contributed by atoms with Crippen LogP contribution in [0.4, 0.5) is 0 Å². The maximum atomic E-state index is 13.4. The smallest absolute Gasteiger partial charge is 0.251 e. The fourth-order valence-corrected chi connectivity index (χ4v) is 5.86. The standard InChI is InChI=1S/C28H34N4O4/c1-27(2)16-22(33)32(26(29)31-27)21(11-14-36-3)17-7-6-8-18(15-17)25(35)30-23-19-9-4-5-10-20(19)28(12-13-28)24(23)34/h4-10,15,21,23-24,34H,11-14,16H2,1-3H3,(H2,29,31)(H,30,35)/t21-,23-,24+/m1/s1. The maximum Gasteiger partial charge on any atom is 0.251 e. The van der Waals surface area contributed by atoms with Gasteiger partial charge in [0.05, 0.1) is 18.2 Å². The minimum absolute atomic E-state index is 0.0487. The number of carbonyl (C=O) groups excluding carboxylic acids is 2. The second-order valence-corrected chi connectivity index (χ2v) is 10.9. The lowest BCUT2D eigenvalue weighted by molar-refractivity contribution is -0.132. The van der Waals surface area contributed by atoms with Gasteiger partial charge in [-0.3, -0.25) is 19.9 Å². The zero-order valence-electron chi connectivity index (χ0n) is 21.0. The highest BCUT2D eigenvalue weighted by molar-refractivity contribution is 5.99. The van der Waals surface area contributed by atoms with Gasteiger partial charge in [0, 0.05) is 36.7 Å². The lowest BCUT2D eigenvalue weighted by atomic mass is 9.93. The Morgan fingerprint density at radius 3 is 2.69 bits per heavy atom. The van der Waals surface area contributed by atoms with Crippen molar-refractivity contribution >= 4 is 17.8 Å². The Morgan fingerprint density at radius 1 is 1.25 bits per heavy atom. The lowest BCUT2D eigenvalue weighted by Crippen LogP contribution is -2.60. The number of hydrogen-bond donors (Lipinski definition) is 4. The van der Waals surface area contributed by atoms with E-state index in [2.05, 4.69) is 16.7 Å². The highest BCUT2D eigenvalue weighted by Crippen LogP contribution is 2.59. The molecule has 4 N–H and O–H groups in total. The van der Waals surface area contributed by atoms with Crippen molar-refractivity contribution in [2.75, 3.05) is 13.7 Å². The summed E-state index contributed by atoms with van der Waals surface area (Å²) in [5.41, 5.74) is 2.58. The molecule has 8 heteroatoms. The van der Waals surface area contributed by atoms with E-state index in [0.29, 0.717) is 18.6 Å². The molecule has 3 atom stereocenters. The Kier molecular flexibility index (Phi) is 6.12. The van der Waals surface area contributed by atoms with Crippen LogP contribution in [0.15, 0.2) is 48.5 Å². The molecule has 2 fully saturated rings. The molecule has 1 saturated carbocycles. The average molecular weight is 491 g/mol. The first-order chi connectivity index (χ1) is 17.2. The average Bonchev–Trinajstić information content (AvgIpc) is 3.61. The van der Waals surface area contributed by atoms with Gasteiger partial charge in [0.1, 0.15) is 0 Å². The van der Waals surface area contributed by atoms with Crippen molar-refractivity contribution in [2.45, 2.75) is 68.7 Å². The summed E-state index contributed by atoms with van der Waals surface area (Å²) in [5.74, 6) is -0.369. The van der Waals surface area contributed by atoms with Crippen LogP contribution in [-0.2, 0) is 14.9 Å². The molecule has 0 unspecified atom stereocenters. The number of carbonyl (C=O) groups is 2. The number of guanidine groups is 1. The lowest BCUT2D eigenvalue weighted by Gasteiger charge is -2.42. The van der Waals surface area contributed by atoms with E-state index in [1.165, 1.54) is 4.90 Å². The second-order valence-electron chi connectivity index (χ2n) is 10.9. The van der Waals surface area contributed by atoms with Gasteiger partial charge in [-0.2, -0.15) is 0 Å². The van der Waals surface area contributed by atoms with Gasteiger partial charge in [-0.25, -0.2) is 0 Å². The Labute approximate surface area is 211 Å². The molecular weight excluding hydrogens is 456 g/mol. The first-order valence-corrected chi connectivity index (χ1v) is 12.5. The van der Waals surface area contributed by atoms with Crippen LogP contribution >= 0.6 is 0 Å². The number of benzene rings is 2. The van der Waals surface area contributed by atoms with Crippen molar-refractivity contribution in [1.29, 1.82) is 5.41 Å². The number of hydrogen-bond acceptors (Lipinski definition) is 5. The van der Waals surface area contributed by atoms with Crippen molar-refractivity contribution in [3.63, 3.8) is 0 Å². The summed E-state index contributed by atoms with van der Waals surface area (Å²) in [7, 11) is 1.60. The van der Waals surface area contributed by atoms with Gasteiger partial charge in [0.2, 0.25) is 5.91 Å². The molecule has 190 valence electrons. The fourth-order valence-electron chi connectivity index (χ4n) is 5.86. The molecule has 36 heavy (non-hydrogen) atoms. The summed E-state index contributed by atoms with van der Waals surface area (Å²) in [6.07, 6.45) is 1.94. The molecule has 1 spiro atoms. The highest BCUT2D eigenvalue weighted by Gasteiger charge is 2.59. The van der Waals surface area contributed by atoms with E-state index in [1.54, 1.807) is 25.3 Å². The number of nitrogens with one attached hydrogen (secondary N) is 3. The van der Waals surface area contributed by atoms with Crippen LogP contribution < -0.4 is 10.6 Å². The third-order valence-electron chi connectivity index (χ3n) is 7.79. The SMILES string of the molecule is COCC[C@H](c1cccc(C(=O)N[C@@H]2c3ccccc3C3(CC3)[C@H]2O)c1)N1C(=N)NC(C)(C)CC1=O. The first kappa shape index (κ1) is 24.5. The molecule has 0 aromatic heterocycles. The molecule has 2 aliphatic carbocycles. The van der Waals surface area contributed by atoms with Gasteiger partial charge in [-0.15, -0.1) is 0 Å². The number of methoxy groups -OCH3 is 1. The highest BCUT2D eigenvalue weighted by atomic mass is 16.5. The van der Waals surface area contributed by atoms with Crippen LogP contribution in [0.3, 0.4) is 0 Å². The van der Waals surface area contributed by atoms with Gasteiger partial charge < -0.3 is 20.5 Å². The molecule has 0 bridgehead atoms. The summed E-state index contributed by atoms with van der Waals surface area (Å²) in [4.78, 5) is 27.9. The van der Waals surface area contributed by atoms with E-state index >= 15 is 0 Å². The predicted molar refractivity (Wildman–Crippen MR) is 136 cm³/mol. The molecule has 2 aromatic carbocycles. The van der Waals surface area contributed by atoms with Crippen molar-refractivity contribution in [3.05, 3.63) is 70.8 Å². The number of rotatable bonds is 7. The molecule has 2 aromatic rings. The van der Waals surface area contributed by atoms with Crippen molar-refractivity contribution in [1.82, 2.24) is 15.5 Å². The van der Waals surface area contributed by atoms with Crippen LogP contribution in [0.25, 0.3) is 0 Å². The fraction of sp³-hybridized carbons (Fsp3) is 0.464. The Hall–Kier alpha value is -3.23. The summed E-state index contributed by atoms with van der Waals surface area (Å²) in [6.45, 7) is 4.19.